The molecule has 1 nitrogen and oxygen atoms in total. The number of hydrogen-bond donors (Lipinski definition) is 1. The molecule has 2 aliphatic rings. The molecule has 98 valence electrons. The average molecular weight is 265 g/mol. The van der Waals surface area contributed by atoms with E-state index in [1.807, 2.05) is 17.8 Å². The van der Waals surface area contributed by atoms with Crippen molar-refractivity contribution in [2.45, 2.75) is 49.6 Å². The van der Waals surface area contributed by atoms with Crippen LogP contribution >= 0.6 is 11.8 Å². The second kappa shape index (κ2) is 4.86. The van der Waals surface area contributed by atoms with Crippen LogP contribution < -0.4 is 5.32 Å². The molecule has 1 fully saturated rings. The molecule has 2 aliphatic heterocycles. The lowest BCUT2D eigenvalue weighted by atomic mass is 9.77. The van der Waals surface area contributed by atoms with Gasteiger partial charge in [-0.3, -0.25) is 0 Å². The Morgan fingerprint density at radius 1 is 1.22 bits per heavy atom. The monoisotopic (exact) mass is 265 g/mol. The number of fused-ring (bicyclic) bond motifs is 1. The van der Waals surface area contributed by atoms with Crippen molar-refractivity contribution in [3.05, 3.63) is 29.6 Å². The van der Waals surface area contributed by atoms with Crippen molar-refractivity contribution in [1.29, 1.82) is 0 Å². The van der Waals surface area contributed by atoms with E-state index in [9.17, 15) is 4.39 Å². The SMILES string of the molecule is CC1CC(C2CSc3cc(F)ccc32)CC(C)N1. The smallest absolute Gasteiger partial charge is 0.124 e. The summed E-state index contributed by atoms with van der Waals surface area (Å²) in [6.07, 6.45) is 2.48. The quantitative estimate of drug-likeness (QED) is 0.829. The van der Waals surface area contributed by atoms with E-state index in [1.54, 1.807) is 12.1 Å². The molecule has 0 aromatic heterocycles. The van der Waals surface area contributed by atoms with Gasteiger partial charge in [0.1, 0.15) is 5.82 Å². The summed E-state index contributed by atoms with van der Waals surface area (Å²) in [6, 6.07) is 6.54. The third kappa shape index (κ3) is 2.30. The Balaban J connectivity index is 1.83. The van der Waals surface area contributed by atoms with Gasteiger partial charge >= 0.3 is 0 Å². The number of rotatable bonds is 1. The highest BCUT2D eigenvalue weighted by atomic mass is 32.2. The number of halogens is 1. The number of thioether (sulfide) groups is 1. The van der Waals surface area contributed by atoms with Gasteiger partial charge in [-0.2, -0.15) is 0 Å². The van der Waals surface area contributed by atoms with Gasteiger partial charge in [-0.15, -0.1) is 11.8 Å². The Morgan fingerprint density at radius 2 is 1.94 bits per heavy atom. The van der Waals surface area contributed by atoms with E-state index < -0.39 is 0 Å². The van der Waals surface area contributed by atoms with E-state index in [4.69, 9.17) is 0 Å². The molecule has 1 aromatic rings. The first-order valence-corrected chi connectivity index (χ1v) is 7.80. The number of nitrogens with one attached hydrogen (secondary N) is 1. The molecule has 0 aliphatic carbocycles. The van der Waals surface area contributed by atoms with E-state index in [1.165, 1.54) is 23.3 Å². The first kappa shape index (κ1) is 12.5. The zero-order valence-electron chi connectivity index (χ0n) is 10.9. The normalized spacial score (nSPS) is 35.5. The van der Waals surface area contributed by atoms with Crippen molar-refractivity contribution in [2.75, 3.05) is 5.75 Å². The first-order chi connectivity index (χ1) is 8.63. The maximum Gasteiger partial charge on any atom is 0.124 e. The van der Waals surface area contributed by atoms with Crippen molar-refractivity contribution in [1.82, 2.24) is 5.32 Å². The van der Waals surface area contributed by atoms with Gasteiger partial charge in [0.2, 0.25) is 0 Å². The zero-order chi connectivity index (χ0) is 12.7. The first-order valence-electron chi connectivity index (χ1n) is 6.82. The molecule has 2 heterocycles. The molecular weight excluding hydrogens is 245 g/mol. The van der Waals surface area contributed by atoms with E-state index in [0.29, 0.717) is 18.0 Å². The maximum absolute atomic E-state index is 13.2. The molecule has 0 saturated carbocycles. The van der Waals surface area contributed by atoms with Crippen LogP contribution in [0.3, 0.4) is 0 Å². The minimum absolute atomic E-state index is 0.103. The minimum Gasteiger partial charge on any atom is -0.312 e. The zero-order valence-corrected chi connectivity index (χ0v) is 11.8. The minimum atomic E-state index is -0.103. The van der Waals surface area contributed by atoms with Crippen molar-refractivity contribution >= 4 is 11.8 Å². The lowest BCUT2D eigenvalue weighted by molar-refractivity contribution is 0.239. The molecule has 0 radical (unpaired) electrons. The topological polar surface area (TPSA) is 12.0 Å². The second-order valence-corrected chi connectivity index (χ2v) is 6.86. The van der Waals surface area contributed by atoms with Crippen LogP contribution in [0.25, 0.3) is 0 Å². The van der Waals surface area contributed by atoms with Gasteiger partial charge in [-0.1, -0.05) is 6.07 Å². The summed E-state index contributed by atoms with van der Waals surface area (Å²) in [6.45, 7) is 4.55. The lowest BCUT2D eigenvalue weighted by Gasteiger charge is -2.36. The van der Waals surface area contributed by atoms with Crippen LogP contribution in [0.5, 0.6) is 0 Å². The molecule has 1 saturated heterocycles. The van der Waals surface area contributed by atoms with Gasteiger partial charge in [0.05, 0.1) is 0 Å². The largest absolute Gasteiger partial charge is 0.312 e. The molecule has 18 heavy (non-hydrogen) atoms. The molecule has 0 spiro atoms. The summed E-state index contributed by atoms with van der Waals surface area (Å²) >= 11 is 1.83. The van der Waals surface area contributed by atoms with E-state index in [-0.39, 0.29) is 5.82 Å². The molecule has 3 unspecified atom stereocenters. The van der Waals surface area contributed by atoms with Gasteiger partial charge in [-0.05, 0) is 56.2 Å². The Bertz CT molecular complexity index is 438. The summed E-state index contributed by atoms with van der Waals surface area (Å²) in [4.78, 5) is 1.17. The molecule has 1 aromatic carbocycles. The van der Waals surface area contributed by atoms with Crippen molar-refractivity contribution in [3.8, 4) is 0 Å². The molecule has 0 amide bonds. The fraction of sp³-hybridized carbons (Fsp3) is 0.600. The van der Waals surface area contributed by atoms with E-state index >= 15 is 0 Å². The second-order valence-electron chi connectivity index (χ2n) is 5.80. The lowest BCUT2D eigenvalue weighted by Crippen LogP contribution is -2.43. The Labute approximate surface area is 113 Å². The Hall–Kier alpha value is -0.540. The summed E-state index contributed by atoms with van der Waals surface area (Å²) in [5, 5.41) is 3.60. The molecule has 0 bridgehead atoms. The highest BCUT2D eigenvalue weighted by Gasteiger charge is 2.34. The van der Waals surface area contributed by atoms with Crippen LogP contribution in [-0.4, -0.2) is 17.8 Å². The standard InChI is InChI=1S/C15H20FNS/c1-9-5-11(6-10(2)17-9)14-8-18-15-7-12(16)3-4-13(14)15/h3-4,7,9-11,14,17H,5-6,8H2,1-2H3. The molecular formula is C15H20FNS. The highest BCUT2D eigenvalue weighted by molar-refractivity contribution is 7.99. The molecule has 3 atom stereocenters. The average Bonchev–Trinajstić information content (AvgIpc) is 2.70. The molecule has 3 heteroatoms. The highest BCUT2D eigenvalue weighted by Crippen LogP contribution is 2.46. The van der Waals surface area contributed by atoms with Crippen LogP contribution in [-0.2, 0) is 0 Å². The number of hydrogen-bond acceptors (Lipinski definition) is 2. The van der Waals surface area contributed by atoms with E-state index in [2.05, 4.69) is 19.2 Å². The third-order valence-electron chi connectivity index (χ3n) is 4.24. The van der Waals surface area contributed by atoms with Gasteiger partial charge < -0.3 is 5.32 Å². The fourth-order valence-electron chi connectivity index (χ4n) is 3.55. The van der Waals surface area contributed by atoms with Crippen LogP contribution in [0.1, 0.15) is 38.2 Å². The molecule has 3 rings (SSSR count). The van der Waals surface area contributed by atoms with Crippen molar-refractivity contribution < 1.29 is 4.39 Å². The van der Waals surface area contributed by atoms with E-state index in [0.717, 1.165) is 11.7 Å². The van der Waals surface area contributed by atoms with Crippen molar-refractivity contribution in [2.24, 2.45) is 5.92 Å². The third-order valence-corrected chi connectivity index (χ3v) is 5.43. The van der Waals surface area contributed by atoms with Gasteiger partial charge in [0.25, 0.3) is 0 Å². The van der Waals surface area contributed by atoms with Crippen LogP contribution in [0.15, 0.2) is 23.1 Å². The van der Waals surface area contributed by atoms with Gasteiger partial charge in [0.15, 0.2) is 0 Å². The summed E-state index contributed by atoms with van der Waals surface area (Å²) in [5.41, 5.74) is 1.38. The van der Waals surface area contributed by atoms with Crippen molar-refractivity contribution in [3.63, 3.8) is 0 Å². The summed E-state index contributed by atoms with van der Waals surface area (Å²) in [7, 11) is 0. The Morgan fingerprint density at radius 3 is 2.67 bits per heavy atom. The number of benzene rings is 1. The fourth-order valence-corrected chi connectivity index (χ4v) is 4.95. The predicted octanol–water partition coefficient (Wildman–Crippen LogP) is 3.79. The molecule has 1 N–H and O–H groups in total. The van der Waals surface area contributed by atoms with Crippen LogP contribution in [0.4, 0.5) is 4.39 Å². The van der Waals surface area contributed by atoms with Gasteiger partial charge in [0, 0.05) is 22.7 Å². The van der Waals surface area contributed by atoms with Gasteiger partial charge in [-0.25, -0.2) is 4.39 Å². The summed E-state index contributed by atoms with van der Waals surface area (Å²) < 4.78 is 13.2. The summed E-state index contributed by atoms with van der Waals surface area (Å²) in [5.74, 6) is 2.39. The maximum atomic E-state index is 13.2. The van der Waals surface area contributed by atoms with Crippen LogP contribution in [0, 0.1) is 11.7 Å². The number of piperidine rings is 1. The Kier molecular flexibility index (Phi) is 3.37. The van der Waals surface area contributed by atoms with Crippen LogP contribution in [0.2, 0.25) is 0 Å². The predicted molar refractivity (Wildman–Crippen MR) is 74.6 cm³/mol.